The Labute approximate surface area is 140 Å². The number of nitro groups is 1. The maximum Gasteiger partial charge on any atom is 0.270 e. The van der Waals surface area contributed by atoms with Crippen LogP contribution in [0.1, 0.15) is 11.1 Å². The number of ether oxygens (including phenoxy) is 2. The molecular formula is C16H12INO4. The Hall–Kier alpha value is -1.93. The molecule has 0 amide bonds. The summed E-state index contributed by atoms with van der Waals surface area (Å²) in [6.45, 7) is 0. The van der Waals surface area contributed by atoms with Gasteiger partial charge in [0.05, 0.1) is 8.50 Å². The van der Waals surface area contributed by atoms with E-state index < -0.39 is 10.7 Å². The number of nitrogens with zero attached hydrogens (tertiary/aromatic N) is 1. The number of methoxy groups -OCH3 is 1. The quantitative estimate of drug-likeness (QED) is 0.432. The lowest BCUT2D eigenvalue weighted by molar-refractivity contribution is -0.384. The van der Waals surface area contributed by atoms with Crippen LogP contribution in [-0.2, 0) is 10.5 Å². The molecule has 0 saturated heterocycles. The van der Waals surface area contributed by atoms with Gasteiger partial charge in [-0.3, -0.25) is 10.1 Å². The van der Waals surface area contributed by atoms with Crippen molar-refractivity contribution in [2.24, 2.45) is 0 Å². The molecule has 22 heavy (non-hydrogen) atoms. The summed E-state index contributed by atoms with van der Waals surface area (Å²) in [5, 5.41) is 10.9. The van der Waals surface area contributed by atoms with Gasteiger partial charge in [-0.1, -0.05) is 30.3 Å². The molecule has 2 aromatic rings. The van der Waals surface area contributed by atoms with Crippen LogP contribution >= 0.6 is 22.6 Å². The highest BCUT2D eigenvalue weighted by molar-refractivity contribution is 14.1. The Morgan fingerprint density at radius 2 is 1.95 bits per heavy atom. The molecular weight excluding hydrogens is 397 g/mol. The fourth-order valence-electron chi connectivity index (χ4n) is 2.40. The van der Waals surface area contributed by atoms with Crippen LogP contribution in [0.15, 0.2) is 52.1 Å². The zero-order valence-electron chi connectivity index (χ0n) is 11.7. The zero-order chi connectivity index (χ0) is 15.7. The fourth-order valence-corrected chi connectivity index (χ4v) is 3.38. The van der Waals surface area contributed by atoms with Gasteiger partial charge in [0, 0.05) is 30.4 Å². The molecule has 0 fully saturated rings. The lowest BCUT2D eigenvalue weighted by atomic mass is 10.0. The van der Waals surface area contributed by atoms with Crippen molar-refractivity contribution in [2.45, 2.75) is 5.79 Å². The third-order valence-corrected chi connectivity index (χ3v) is 4.52. The van der Waals surface area contributed by atoms with E-state index in [4.69, 9.17) is 9.47 Å². The van der Waals surface area contributed by atoms with E-state index >= 15 is 0 Å². The molecule has 6 heteroatoms. The highest BCUT2D eigenvalue weighted by Gasteiger charge is 2.41. The zero-order valence-corrected chi connectivity index (χ0v) is 13.8. The second-order valence-corrected chi connectivity index (χ2v) is 5.92. The minimum Gasteiger partial charge on any atom is -0.452 e. The molecule has 0 bridgehead atoms. The van der Waals surface area contributed by atoms with E-state index in [2.05, 4.69) is 22.6 Å². The minimum atomic E-state index is -1.02. The predicted molar refractivity (Wildman–Crippen MR) is 90.9 cm³/mol. The first-order valence-electron chi connectivity index (χ1n) is 6.52. The van der Waals surface area contributed by atoms with Gasteiger partial charge in [-0.2, -0.15) is 0 Å². The molecule has 0 spiro atoms. The van der Waals surface area contributed by atoms with Crippen molar-refractivity contribution in [3.8, 4) is 5.75 Å². The van der Waals surface area contributed by atoms with E-state index in [0.717, 1.165) is 9.14 Å². The first-order valence-corrected chi connectivity index (χ1v) is 7.60. The summed E-state index contributed by atoms with van der Waals surface area (Å²) in [6, 6.07) is 14.1. The van der Waals surface area contributed by atoms with E-state index in [-0.39, 0.29) is 5.69 Å². The normalized spacial score (nSPS) is 19.8. The predicted octanol–water partition coefficient (Wildman–Crippen LogP) is 4.26. The number of non-ortho nitro benzene ring substituents is 1. The second kappa shape index (κ2) is 5.69. The Morgan fingerprint density at radius 3 is 2.59 bits per heavy atom. The van der Waals surface area contributed by atoms with E-state index in [1.165, 1.54) is 12.1 Å². The van der Waals surface area contributed by atoms with Crippen LogP contribution < -0.4 is 4.74 Å². The summed E-state index contributed by atoms with van der Waals surface area (Å²) in [4.78, 5) is 10.5. The molecule has 1 heterocycles. The second-order valence-electron chi connectivity index (χ2n) is 4.76. The molecule has 2 aromatic carbocycles. The molecule has 0 aromatic heterocycles. The van der Waals surface area contributed by atoms with E-state index in [1.54, 1.807) is 13.2 Å². The van der Waals surface area contributed by atoms with Crippen molar-refractivity contribution in [3.05, 3.63) is 73.4 Å². The molecule has 0 saturated carbocycles. The van der Waals surface area contributed by atoms with Crippen LogP contribution in [0, 0.1) is 10.1 Å². The third kappa shape index (κ3) is 2.38. The molecule has 0 aliphatic carbocycles. The van der Waals surface area contributed by atoms with Crippen molar-refractivity contribution in [3.63, 3.8) is 0 Å². The van der Waals surface area contributed by atoms with Gasteiger partial charge in [0.25, 0.3) is 11.5 Å². The van der Waals surface area contributed by atoms with Gasteiger partial charge in [-0.15, -0.1) is 0 Å². The lowest BCUT2D eigenvalue weighted by Gasteiger charge is -2.36. The standard InChI is InChI=1S/C16H12INO4/c1-21-16(12-5-3-2-4-6-12)15(17)10-11-9-13(18(19)20)7-8-14(11)22-16/h2-10H,1H3. The SMILES string of the molecule is COC1(c2ccccc2)Oc2ccc([N+](=O)[O-])cc2C=C1I. The number of hydrogen-bond acceptors (Lipinski definition) is 4. The Kier molecular flexibility index (Phi) is 3.88. The number of halogens is 1. The summed E-state index contributed by atoms with van der Waals surface area (Å²) in [5.74, 6) is -0.470. The molecule has 0 radical (unpaired) electrons. The Bertz CT molecular complexity index is 760. The summed E-state index contributed by atoms with van der Waals surface area (Å²) in [6.07, 6.45) is 1.85. The summed E-state index contributed by atoms with van der Waals surface area (Å²) in [5.41, 5.74) is 1.57. The highest BCUT2D eigenvalue weighted by Crippen LogP contribution is 2.46. The van der Waals surface area contributed by atoms with Crippen LogP contribution in [0.2, 0.25) is 0 Å². The Morgan fingerprint density at radius 1 is 1.23 bits per heavy atom. The molecule has 1 unspecified atom stereocenters. The topological polar surface area (TPSA) is 61.6 Å². The van der Waals surface area contributed by atoms with Crippen molar-refractivity contribution >= 4 is 34.4 Å². The number of nitro benzene ring substituents is 1. The van der Waals surface area contributed by atoms with Crippen LogP contribution in [0.25, 0.3) is 6.08 Å². The molecule has 1 aliphatic heterocycles. The molecule has 5 nitrogen and oxygen atoms in total. The summed E-state index contributed by atoms with van der Waals surface area (Å²) >= 11 is 2.14. The summed E-state index contributed by atoms with van der Waals surface area (Å²) < 4.78 is 12.6. The van der Waals surface area contributed by atoms with Gasteiger partial charge in [-0.25, -0.2) is 0 Å². The van der Waals surface area contributed by atoms with Gasteiger partial charge in [0.1, 0.15) is 5.75 Å². The first-order chi connectivity index (χ1) is 10.6. The maximum absolute atomic E-state index is 10.9. The number of rotatable bonds is 3. The molecule has 1 aliphatic rings. The van der Waals surface area contributed by atoms with Crippen LogP contribution in [-0.4, -0.2) is 12.0 Å². The molecule has 3 rings (SSSR count). The minimum absolute atomic E-state index is 0.0347. The van der Waals surface area contributed by atoms with Crippen LogP contribution in [0.3, 0.4) is 0 Å². The summed E-state index contributed by atoms with van der Waals surface area (Å²) in [7, 11) is 1.58. The average Bonchev–Trinajstić information content (AvgIpc) is 2.54. The van der Waals surface area contributed by atoms with Gasteiger partial charge >= 0.3 is 0 Å². The largest absolute Gasteiger partial charge is 0.452 e. The van der Waals surface area contributed by atoms with Crippen LogP contribution in [0.5, 0.6) is 5.75 Å². The van der Waals surface area contributed by atoms with E-state index in [9.17, 15) is 10.1 Å². The van der Waals surface area contributed by atoms with E-state index in [0.29, 0.717) is 11.3 Å². The van der Waals surface area contributed by atoms with Crippen LogP contribution in [0.4, 0.5) is 5.69 Å². The third-order valence-electron chi connectivity index (χ3n) is 3.50. The number of benzene rings is 2. The highest BCUT2D eigenvalue weighted by atomic mass is 127. The van der Waals surface area contributed by atoms with Crippen molar-refractivity contribution in [1.29, 1.82) is 0 Å². The number of fused-ring (bicyclic) bond motifs is 1. The van der Waals surface area contributed by atoms with Gasteiger partial charge in [0.15, 0.2) is 0 Å². The van der Waals surface area contributed by atoms with E-state index in [1.807, 2.05) is 36.4 Å². The van der Waals surface area contributed by atoms with Crippen molar-refractivity contribution in [1.82, 2.24) is 0 Å². The Balaban J connectivity index is 2.12. The molecule has 1 atom stereocenters. The molecule has 112 valence electrons. The monoisotopic (exact) mass is 409 g/mol. The van der Waals surface area contributed by atoms with Gasteiger partial charge in [0.2, 0.25) is 0 Å². The lowest BCUT2D eigenvalue weighted by Crippen LogP contribution is -2.37. The molecule has 0 N–H and O–H groups in total. The number of hydrogen-bond donors (Lipinski definition) is 0. The average molecular weight is 409 g/mol. The van der Waals surface area contributed by atoms with Gasteiger partial charge < -0.3 is 9.47 Å². The van der Waals surface area contributed by atoms with Gasteiger partial charge in [-0.05, 0) is 34.7 Å². The maximum atomic E-state index is 10.9. The van der Waals surface area contributed by atoms with Crippen molar-refractivity contribution in [2.75, 3.05) is 7.11 Å². The first kappa shape index (κ1) is 15.0. The smallest absolute Gasteiger partial charge is 0.270 e. The van der Waals surface area contributed by atoms with Crippen molar-refractivity contribution < 1.29 is 14.4 Å². The fraction of sp³-hybridized carbons (Fsp3) is 0.125.